The molecule has 0 spiro atoms. The van der Waals surface area contributed by atoms with Gasteiger partial charge in [-0.25, -0.2) is 26.9 Å². The van der Waals surface area contributed by atoms with E-state index in [0.29, 0.717) is 6.07 Å². The van der Waals surface area contributed by atoms with E-state index in [0.717, 1.165) is 21.3 Å². The van der Waals surface area contributed by atoms with Gasteiger partial charge in [-0.2, -0.15) is 4.31 Å². The van der Waals surface area contributed by atoms with Crippen LogP contribution in [0.4, 0.5) is 13.6 Å². The fourth-order valence-corrected chi connectivity index (χ4v) is 4.11. The summed E-state index contributed by atoms with van der Waals surface area (Å²) in [4.78, 5) is 23.0. The molecule has 23 heavy (non-hydrogen) atoms. The number of sulfonamides is 1. The van der Waals surface area contributed by atoms with E-state index >= 15 is 0 Å². The average Bonchev–Trinajstić information content (AvgIpc) is 2.72. The number of carbonyl (C=O) groups excluding carboxylic acids is 2. The van der Waals surface area contributed by atoms with E-state index < -0.39 is 38.6 Å². The van der Waals surface area contributed by atoms with E-state index in [2.05, 4.69) is 4.74 Å². The molecule has 0 aromatic heterocycles. The highest BCUT2D eigenvalue weighted by molar-refractivity contribution is 7.89. The number of hydrogen-bond acceptors (Lipinski definition) is 5. The second-order valence-electron chi connectivity index (χ2n) is 5.32. The van der Waals surface area contributed by atoms with Gasteiger partial charge in [0.2, 0.25) is 10.0 Å². The number of halogens is 2. The van der Waals surface area contributed by atoms with Gasteiger partial charge in [-0.15, -0.1) is 0 Å². The van der Waals surface area contributed by atoms with Gasteiger partial charge in [0.1, 0.15) is 16.5 Å². The Bertz CT molecular complexity index is 761. The summed E-state index contributed by atoms with van der Waals surface area (Å²) in [5, 5.41) is 0. The third-order valence-corrected chi connectivity index (χ3v) is 5.58. The molecule has 2 saturated heterocycles. The maximum absolute atomic E-state index is 13.6. The minimum atomic E-state index is -4.07. The van der Waals surface area contributed by atoms with E-state index in [4.69, 9.17) is 0 Å². The van der Waals surface area contributed by atoms with Gasteiger partial charge in [-0.05, 0) is 12.1 Å². The number of nitrogens with zero attached hydrogens (tertiary/aromatic N) is 2. The second-order valence-corrected chi connectivity index (χ2v) is 7.23. The Morgan fingerprint density at radius 2 is 1.91 bits per heavy atom. The predicted molar refractivity (Wildman–Crippen MR) is 71.7 cm³/mol. The highest BCUT2D eigenvalue weighted by Crippen LogP contribution is 2.28. The molecule has 0 aliphatic carbocycles. The summed E-state index contributed by atoms with van der Waals surface area (Å²) in [6.07, 6.45) is -0.749. The molecule has 0 atom stereocenters. The zero-order chi connectivity index (χ0) is 16.8. The molecule has 0 N–H and O–H groups in total. The Balaban J connectivity index is 1.66. The monoisotopic (exact) mass is 346 g/mol. The number of rotatable bonds is 4. The first-order chi connectivity index (χ1) is 10.8. The maximum atomic E-state index is 13.6. The zero-order valence-electron chi connectivity index (χ0n) is 11.7. The van der Waals surface area contributed by atoms with Crippen LogP contribution in [-0.4, -0.2) is 55.9 Å². The van der Waals surface area contributed by atoms with Crippen LogP contribution in [0.3, 0.4) is 0 Å². The molecule has 2 fully saturated rings. The fraction of sp³-hybridized carbons (Fsp3) is 0.385. The van der Waals surface area contributed by atoms with Crippen LogP contribution in [0.15, 0.2) is 23.1 Å². The number of amides is 2. The normalized spacial score (nSPS) is 19.8. The quantitative estimate of drug-likeness (QED) is 0.796. The highest BCUT2D eigenvalue weighted by Gasteiger charge is 2.41. The number of carbonyl (C=O) groups is 2. The first-order valence-electron chi connectivity index (χ1n) is 6.71. The van der Waals surface area contributed by atoms with Gasteiger partial charge in [-0.1, -0.05) is 0 Å². The summed E-state index contributed by atoms with van der Waals surface area (Å²) in [5.41, 5.74) is 0. The van der Waals surface area contributed by atoms with Crippen molar-refractivity contribution in [2.75, 3.05) is 26.2 Å². The molecule has 7 nitrogen and oxygen atoms in total. The van der Waals surface area contributed by atoms with Crippen LogP contribution in [0.25, 0.3) is 0 Å². The summed E-state index contributed by atoms with van der Waals surface area (Å²) < 4.78 is 56.6. The van der Waals surface area contributed by atoms with Crippen LogP contribution >= 0.6 is 0 Å². The Labute approximate surface area is 130 Å². The largest absolute Gasteiger partial charge is 0.439 e. The molecule has 1 aromatic rings. The van der Waals surface area contributed by atoms with Crippen LogP contribution in [-0.2, 0) is 19.6 Å². The molecule has 0 saturated carbocycles. The lowest BCUT2D eigenvalue weighted by Gasteiger charge is -2.39. The Morgan fingerprint density at radius 3 is 2.48 bits per heavy atom. The molecule has 3 rings (SSSR count). The minimum absolute atomic E-state index is 0.0379. The Hall–Kier alpha value is -2.07. The summed E-state index contributed by atoms with van der Waals surface area (Å²) in [7, 11) is -4.07. The van der Waals surface area contributed by atoms with E-state index in [1.807, 2.05) is 0 Å². The molecule has 2 aliphatic rings. The van der Waals surface area contributed by atoms with Crippen LogP contribution in [0, 0.1) is 17.6 Å². The number of ether oxygens (including phenoxy) is 1. The smallest absolute Gasteiger partial charge is 0.417 e. The van der Waals surface area contributed by atoms with E-state index in [1.165, 1.54) is 0 Å². The molecule has 0 unspecified atom stereocenters. The van der Waals surface area contributed by atoms with Gasteiger partial charge in [0.05, 0.1) is 0 Å². The minimum Gasteiger partial charge on any atom is -0.439 e. The maximum Gasteiger partial charge on any atom is 0.417 e. The molecule has 0 bridgehead atoms. The summed E-state index contributed by atoms with van der Waals surface area (Å²) >= 11 is 0. The van der Waals surface area contributed by atoms with Crippen molar-refractivity contribution in [2.45, 2.75) is 4.90 Å². The zero-order valence-corrected chi connectivity index (χ0v) is 12.6. The molecular weight excluding hydrogens is 334 g/mol. The number of imide groups is 1. The lowest BCUT2D eigenvalue weighted by Crippen LogP contribution is -2.54. The van der Waals surface area contributed by atoms with Gasteiger partial charge in [0.15, 0.2) is 6.61 Å². The Morgan fingerprint density at radius 1 is 1.22 bits per heavy atom. The van der Waals surface area contributed by atoms with Crippen LogP contribution in [0.2, 0.25) is 0 Å². The average molecular weight is 346 g/mol. The summed E-state index contributed by atoms with van der Waals surface area (Å²) in [5.74, 6) is -2.75. The SMILES string of the molecule is O=C1COC(=O)N1CC1CN(S(=O)(=O)c2ccc(F)cc2F)C1. The van der Waals surface area contributed by atoms with Crippen LogP contribution in [0.5, 0.6) is 0 Å². The molecule has 2 aliphatic heterocycles. The van der Waals surface area contributed by atoms with Gasteiger partial charge in [-0.3, -0.25) is 4.79 Å². The van der Waals surface area contributed by atoms with Gasteiger partial charge < -0.3 is 4.74 Å². The van der Waals surface area contributed by atoms with Crippen molar-refractivity contribution in [3.8, 4) is 0 Å². The Kier molecular flexibility index (Phi) is 3.80. The van der Waals surface area contributed by atoms with Gasteiger partial charge >= 0.3 is 6.09 Å². The standard InChI is InChI=1S/C13H12F2N2O5S/c14-9-1-2-11(10(15)3-9)23(20,21)16-4-8(5-16)6-17-12(18)7-22-13(17)19/h1-3,8H,4-7H2. The highest BCUT2D eigenvalue weighted by atomic mass is 32.2. The third-order valence-electron chi connectivity index (χ3n) is 3.72. The first kappa shape index (κ1) is 15.8. The van der Waals surface area contributed by atoms with Crippen molar-refractivity contribution in [3.05, 3.63) is 29.8 Å². The lowest BCUT2D eigenvalue weighted by molar-refractivity contribution is -0.126. The van der Waals surface area contributed by atoms with Crippen molar-refractivity contribution in [2.24, 2.45) is 5.92 Å². The molecule has 124 valence electrons. The van der Waals surface area contributed by atoms with Crippen LogP contribution in [0.1, 0.15) is 0 Å². The number of hydrogen-bond donors (Lipinski definition) is 0. The predicted octanol–water partition coefficient (Wildman–Crippen LogP) is 0.564. The molecule has 2 heterocycles. The van der Waals surface area contributed by atoms with E-state index in [-0.39, 0.29) is 32.2 Å². The van der Waals surface area contributed by atoms with Crippen molar-refractivity contribution < 1.29 is 31.5 Å². The first-order valence-corrected chi connectivity index (χ1v) is 8.15. The molecule has 10 heteroatoms. The lowest BCUT2D eigenvalue weighted by atomic mass is 10.0. The van der Waals surface area contributed by atoms with Crippen molar-refractivity contribution in [3.63, 3.8) is 0 Å². The molecule has 0 radical (unpaired) electrons. The van der Waals surface area contributed by atoms with Gasteiger partial charge in [0.25, 0.3) is 5.91 Å². The topological polar surface area (TPSA) is 84.0 Å². The van der Waals surface area contributed by atoms with Crippen molar-refractivity contribution in [1.29, 1.82) is 0 Å². The third kappa shape index (κ3) is 2.79. The summed E-state index contributed by atoms with van der Waals surface area (Å²) in [6.45, 7) is -0.184. The fourth-order valence-electron chi connectivity index (χ4n) is 2.47. The van der Waals surface area contributed by atoms with Gasteiger partial charge in [0, 0.05) is 31.6 Å². The second kappa shape index (κ2) is 5.53. The molecule has 2 amide bonds. The van der Waals surface area contributed by atoms with Crippen molar-refractivity contribution >= 4 is 22.0 Å². The van der Waals surface area contributed by atoms with E-state index in [1.54, 1.807) is 0 Å². The number of cyclic esters (lactones) is 1. The molecule has 1 aromatic carbocycles. The van der Waals surface area contributed by atoms with Crippen molar-refractivity contribution in [1.82, 2.24) is 9.21 Å². The van der Waals surface area contributed by atoms with Crippen LogP contribution < -0.4 is 0 Å². The summed E-state index contributed by atoms with van der Waals surface area (Å²) in [6, 6.07) is 2.24. The number of benzene rings is 1. The molecular formula is C13H12F2N2O5S. The van der Waals surface area contributed by atoms with E-state index in [9.17, 15) is 26.8 Å².